The van der Waals surface area contributed by atoms with Crippen molar-refractivity contribution in [3.63, 3.8) is 0 Å². The number of nitrogens with one attached hydrogen (secondary N) is 1. The van der Waals surface area contributed by atoms with Gasteiger partial charge in [0.25, 0.3) is 0 Å². The van der Waals surface area contributed by atoms with E-state index in [0.717, 1.165) is 16.8 Å². The Balaban J connectivity index is 2.14. The normalized spacial score (nSPS) is 16.4. The molecule has 1 aromatic rings. The summed E-state index contributed by atoms with van der Waals surface area (Å²) in [5, 5.41) is 3.28. The zero-order valence-electron chi connectivity index (χ0n) is 11.3. The molecule has 0 radical (unpaired) electrons. The number of carbonyl (C=O) groups excluding carboxylic acids is 2. The van der Waals surface area contributed by atoms with Gasteiger partial charge in [0.1, 0.15) is 0 Å². The summed E-state index contributed by atoms with van der Waals surface area (Å²) in [6, 6.07) is 3.32. The number of nitrogens with two attached hydrogens (primary N) is 2. The number of rotatable bonds is 5. The number of fused-ring (bicyclic) bond motifs is 1. The molecule has 0 aliphatic carbocycles. The first-order chi connectivity index (χ1) is 9.36. The highest BCUT2D eigenvalue weighted by atomic mass is 35.5. The molecule has 0 spiro atoms. The Bertz CT molecular complexity index is 560. The molecule has 1 heterocycles. The van der Waals surface area contributed by atoms with Crippen molar-refractivity contribution in [2.75, 3.05) is 5.32 Å². The molecule has 1 aliphatic heterocycles. The van der Waals surface area contributed by atoms with Gasteiger partial charge in [0.2, 0.25) is 11.8 Å². The Morgan fingerprint density at radius 3 is 2.85 bits per heavy atom. The van der Waals surface area contributed by atoms with E-state index in [-0.39, 0.29) is 23.8 Å². The van der Waals surface area contributed by atoms with Crippen molar-refractivity contribution in [3.8, 4) is 0 Å². The quantitative estimate of drug-likeness (QED) is 0.771. The molecule has 20 heavy (non-hydrogen) atoms. The number of carbonyl (C=O) groups is 2. The Hall–Kier alpha value is -1.59. The average Bonchev–Trinajstić information content (AvgIpc) is 2.65. The van der Waals surface area contributed by atoms with E-state index < -0.39 is 0 Å². The molecule has 2 unspecified atom stereocenters. The van der Waals surface area contributed by atoms with Crippen LogP contribution in [-0.4, -0.2) is 11.8 Å². The Morgan fingerprint density at radius 2 is 2.20 bits per heavy atom. The smallest absolute Gasteiger partial charge is 0.228 e. The molecule has 2 amide bonds. The van der Waals surface area contributed by atoms with E-state index in [2.05, 4.69) is 5.32 Å². The van der Waals surface area contributed by atoms with E-state index in [9.17, 15) is 9.59 Å². The van der Waals surface area contributed by atoms with Crippen molar-refractivity contribution in [1.82, 2.24) is 0 Å². The van der Waals surface area contributed by atoms with Crippen LogP contribution in [0.2, 0.25) is 5.02 Å². The largest absolute Gasteiger partial charge is 0.370 e. The maximum absolute atomic E-state index is 11.4. The van der Waals surface area contributed by atoms with Gasteiger partial charge in [-0.15, -0.1) is 0 Å². The molecule has 1 aliphatic rings. The van der Waals surface area contributed by atoms with Gasteiger partial charge in [0.05, 0.1) is 6.42 Å². The molecular formula is C14H18ClN3O2. The van der Waals surface area contributed by atoms with Crippen LogP contribution in [0.4, 0.5) is 5.69 Å². The number of halogens is 1. The second kappa shape index (κ2) is 5.81. The molecule has 0 saturated carbocycles. The van der Waals surface area contributed by atoms with E-state index >= 15 is 0 Å². The first-order valence-corrected chi connectivity index (χ1v) is 6.90. The van der Waals surface area contributed by atoms with Crippen LogP contribution in [0.25, 0.3) is 0 Å². The molecule has 0 bridgehead atoms. The third-order valence-corrected chi connectivity index (χ3v) is 3.78. The Kier molecular flexibility index (Phi) is 4.30. The summed E-state index contributed by atoms with van der Waals surface area (Å²) >= 11 is 6.22. The number of amides is 2. The third kappa shape index (κ3) is 3.29. The molecule has 6 heteroatoms. The Labute approximate surface area is 122 Å². The first-order valence-electron chi connectivity index (χ1n) is 6.53. The van der Waals surface area contributed by atoms with Crippen LogP contribution in [0.3, 0.4) is 0 Å². The lowest BCUT2D eigenvalue weighted by molar-refractivity contribution is -0.119. The topological polar surface area (TPSA) is 98.2 Å². The summed E-state index contributed by atoms with van der Waals surface area (Å²) < 4.78 is 0. The summed E-state index contributed by atoms with van der Waals surface area (Å²) in [4.78, 5) is 22.2. The molecule has 0 saturated heterocycles. The molecule has 1 aromatic carbocycles. The molecule has 0 fully saturated rings. The zero-order chi connectivity index (χ0) is 14.9. The predicted molar refractivity (Wildman–Crippen MR) is 78.3 cm³/mol. The fourth-order valence-corrected chi connectivity index (χ4v) is 2.84. The van der Waals surface area contributed by atoms with Gasteiger partial charge in [-0.1, -0.05) is 24.6 Å². The predicted octanol–water partition coefficient (Wildman–Crippen LogP) is 1.74. The van der Waals surface area contributed by atoms with Crippen molar-refractivity contribution in [2.45, 2.75) is 32.2 Å². The molecule has 5 nitrogen and oxygen atoms in total. The summed E-state index contributed by atoms with van der Waals surface area (Å²) in [7, 11) is 0. The lowest BCUT2D eigenvalue weighted by Crippen LogP contribution is -2.19. The fourth-order valence-electron chi connectivity index (χ4n) is 2.54. The number of anilines is 1. The molecule has 5 N–H and O–H groups in total. The van der Waals surface area contributed by atoms with Crippen LogP contribution in [0, 0.1) is 5.92 Å². The molecule has 108 valence electrons. The van der Waals surface area contributed by atoms with Crippen molar-refractivity contribution in [1.29, 1.82) is 0 Å². The maximum Gasteiger partial charge on any atom is 0.228 e. The minimum absolute atomic E-state index is 0.0381. The van der Waals surface area contributed by atoms with Gasteiger partial charge in [0.15, 0.2) is 0 Å². The van der Waals surface area contributed by atoms with E-state index in [1.165, 1.54) is 0 Å². The highest BCUT2D eigenvalue weighted by molar-refractivity contribution is 6.32. The number of hydrogen-bond donors (Lipinski definition) is 3. The lowest BCUT2D eigenvalue weighted by Gasteiger charge is -2.18. The monoisotopic (exact) mass is 295 g/mol. The van der Waals surface area contributed by atoms with Crippen LogP contribution < -0.4 is 16.8 Å². The van der Waals surface area contributed by atoms with Crippen molar-refractivity contribution in [2.24, 2.45) is 17.4 Å². The van der Waals surface area contributed by atoms with E-state index in [1.807, 2.05) is 13.0 Å². The molecule has 2 atom stereocenters. The second-order valence-electron chi connectivity index (χ2n) is 5.37. The van der Waals surface area contributed by atoms with Crippen molar-refractivity contribution < 1.29 is 9.59 Å². The molecule has 0 aromatic heterocycles. The molecule has 2 rings (SSSR count). The van der Waals surface area contributed by atoms with Crippen LogP contribution in [0.1, 0.15) is 36.9 Å². The SMILES string of the molecule is CC(CC(N)=O)CC(N)c1cc2c(cc1Cl)NC(=O)C2. The maximum atomic E-state index is 11.4. The summed E-state index contributed by atoms with van der Waals surface area (Å²) in [6.45, 7) is 1.93. The zero-order valence-corrected chi connectivity index (χ0v) is 12.0. The van der Waals surface area contributed by atoms with Gasteiger partial charge in [0, 0.05) is 23.2 Å². The van der Waals surface area contributed by atoms with Gasteiger partial charge in [-0.3, -0.25) is 9.59 Å². The highest BCUT2D eigenvalue weighted by Gasteiger charge is 2.22. The molecular weight excluding hydrogens is 278 g/mol. The Morgan fingerprint density at radius 1 is 1.50 bits per heavy atom. The second-order valence-corrected chi connectivity index (χ2v) is 5.78. The van der Waals surface area contributed by atoms with Gasteiger partial charge in [-0.2, -0.15) is 0 Å². The summed E-state index contributed by atoms with van der Waals surface area (Å²) in [5.41, 5.74) is 13.8. The van der Waals surface area contributed by atoms with E-state index in [1.54, 1.807) is 6.07 Å². The van der Waals surface area contributed by atoms with E-state index in [4.69, 9.17) is 23.1 Å². The minimum Gasteiger partial charge on any atom is -0.370 e. The summed E-state index contributed by atoms with van der Waals surface area (Å²) in [5.74, 6) is -0.282. The van der Waals surface area contributed by atoms with Crippen LogP contribution >= 0.6 is 11.6 Å². The van der Waals surface area contributed by atoms with Crippen molar-refractivity contribution in [3.05, 3.63) is 28.3 Å². The lowest BCUT2D eigenvalue weighted by atomic mass is 9.93. The average molecular weight is 296 g/mol. The van der Waals surface area contributed by atoms with Gasteiger partial charge < -0.3 is 16.8 Å². The number of primary amides is 1. The van der Waals surface area contributed by atoms with Gasteiger partial charge in [-0.25, -0.2) is 0 Å². The number of benzene rings is 1. The van der Waals surface area contributed by atoms with Crippen LogP contribution in [0.5, 0.6) is 0 Å². The van der Waals surface area contributed by atoms with Crippen molar-refractivity contribution >= 4 is 29.1 Å². The van der Waals surface area contributed by atoms with Gasteiger partial charge in [-0.05, 0) is 29.5 Å². The van der Waals surface area contributed by atoms with Crippen LogP contribution in [0.15, 0.2) is 12.1 Å². The first kappa shape index (κ1) is 14.8. The number of hydrogen-bond acceptors (Lipinski definition) is 3. The highest BCUT2D eigenvalue weighted by Crippen LogP contribution is 2.34. The van der Waals surface area contributed by atoms with Gasteiger partial charge >= 0.3 is 0 Å². The minimum atomic E-state index is -0.334. The fraction of sp³-hybridized carbons (Fsp3) is 0.429. The van der Waals surface area contributed by atoms with Crippen LogP contribution in [-0.2, 0) is 16.0 Å². The van der Waals surface area contributed by atoms with E-state index in [0.29, 0.717) is 24.3 Å². The third-order valence-electron chi connectivity index (χ3n) is 3.45. The summed E-state index contributed by atoms with van der Waals surface area (Å²) in [6.07, 6.45) is 1.27. The standard InChI is InChI=1S/C14H18ClN3O2/c1-7(3-13(17)19)2-11(16)9-4-8-5-14(20)18-12(8)6-10(9)15/h4,6-7,11H,2-3,5,16H2,1H3,(H2,17,19)(H,18,20).